The second-order valence-corrected chi connectivity index (χ2v) is 5.04. The fourth-order valence-electron chi connectivity index (χ4n) is 2.21. The minimum Gasteiger partial charge on any atom is -0.483 e. The largest absolute Gasteiger partial charge is 0.483 e. The van der Waals surface area contributed by atoms with Crippen molar-refractivity contribution in [2.24, 2.45) is 0 Å². The average Bonchev–Trinajstić information content (AvgIpc) is 2.91. The molecule has 1 N–H and O–H groups in total. The van der Waals surface area contributed by atoms with Crippen LogP contribution >= 0.6 is 0 Å². The second-order valence-electron chi connectivity index (χ2n) is 5.04. The highest BCUT2D eigenvalue weighted by atomic mass is 16.7. The van der Waals surface area contributed by atoms with Gasteiger partial charge >= 0.3 is 0 Å². The normalized spacial score (nSPS) is 15.5. The van der Waals surface area contributed by atoms with Crippen LogP contribution < -0.4 is 10.2 Å². The molecule has 1 aromatic rings. The lowest BCUT2D eigenvalue weighted by atomic mass is 10.1. The van der Waals surface area contributed by atoms with Crippen molar-refractivity contribution in [3.8, 4) is 5.75 Å². The zero-order chi connectivity index (χ0) is 13.7. The van der Waals surface area contributed by atoms with Gasteiger partial charge in [0.15, 0.2) is 6.61 Å². The van der Waals surface area contributed by atoms with E-state index in [1.807, 2.05) is 32.0 Å². The molecule has 1 fully saturated rings. The molecule has 0 heterocycles. The van der Waals surface area contributed by atoms with E-state index in [4.69, 9.17) is 9.57 Å². The first-order valence-electron chi connectivity index (χ1n) is 6.80. The number of rotatable bonds is 5. The van der Waals surface area contributed by atoms with Crippen molar-refractivity contribution < 1.29 is 14.4 Å². The Bertz CT molecular complexity index is 439. The zero-order valence-electron chi connectivity index (χ0n) is 11.6. The number of hydrogen-bond acceptors (Lipinski definition) is 3. The fourth-order valence-corrected chi connectivity index (χ4v) is 2.21. The van der Waals surface area contributed by atoms with Gasteiger partial charge in [-0.3, -0.25) is 9.63 Å². The van der Waals surface area contributed by atoms with Crippen molar-refractivity contribution in [2.75, 3.05) is 6.61 Å². The molecule has 2 rings (SSSR count). The summed E-state index contributed by atoms with van der Waals surface area (Å²) in [6.45, 7) is 3.99. The van der Waals surface area contributed by atoms with Crippen LogP contribution in [0.15, 0.2) is 18.2 Å². The number of carbonyl (C=O) groups excluding carboxylic acids is 1. The highest BCUT2D eigenvalue weighted by molar-refractivity contribution is 5.76. The van der Waals surface area contributed by atoms with Crippen molar-refractivity contribution in [3.63, 3.8) is 0 Å². The molecular weight excluding hydrogens is 242 g/mol. The van der Waals surface area contributed by atoms with Gasteiger partial charge in [-0.05, 0) is 43.9 Å². The Labute approximate surface area is 114 Å². The minimum atomic E-state index is -0.243. The fraction of sp³-hybridized carbons (Fsp3) is 0.533. The molecule has 0 aromatic heterocycles. The van der Waals surface area contributed by atoms with E-state index < -0.39 is 0 Å². The molecule has 4 nitrogen and oxygen atoms in total. The summed E-state index contributed by atoms with van der Waals surface area (Å²) in [7, 11) is 0. The summed E-state index contributed by atoms with van der Waals surface area (Å²) < 4.78 is 5.50. The maximum atomic E-state index is 11.6. The third-order valence-electron chi connectivity index (χ3n) is 3.56. The second kappa shape index (κ2) is 6.57. The molecule has 0 unspecified atom stereocenters. The van der Waals surface area contributed by atoms with Crippen molar-refractivity contribution in [2.45, 2.75) is 45.6 Å². The Balaban J connectivity index is 1.75. The van der Waals surface area contributed by atoms with Gasteiger partial charge in [-0.25, -0.2) is 5.48 Å². The lowest BCUT2D eigenvalue weighted by Gasteiger charge is -2.13. The molecule has 0 saturated heterocycles. The van der Waals surface area contributed by atoms with Crippen LogP contribution in [-0.4, -0.2) is 18.6 Å². The first-order valence-corrected chi connectivity index (χ1v) is 6.80. The predicted molar refractivity (Wildman–Crippen MR) is 72.9 cm³/mol. The Kier molecular flexibility index (Phi) is 4.80. The quantitative estimate of drug-likeness (QED) is 0.831. The summed E-state index contributed by atoms with van der Waals surface area (Å²) in [5, 5.41) is 0. The highest BCUT2D eigenvalue weighted by Gasteiger charge is 2.17. The molecular formula is C15H21NO3. The van der Waals surface area contributed by atoms with Crippen LogP contribution in [0.2, 0.25) is 0 Å². The number of nitrogens with one attached hydrogen (secondary N) is 1. The molecule has 0 bridgehead atoms. The van der Waals surface area contributed by atoms with E-state index in [2.05, 4.69) is 5.48 Å². The number of hydroxylamine groups is 1. The monoisotopic (exact) mass is 263 g/mol. The van der Waals surface area contributed by atoms with E-state index in [0.717, 1.165) is 29.7 Å². The van der Waals surface area contributed by atoms with Gasteiger partial charge < -0.3 is 4.74 Å². The molecule has 1 saturated carbocycles. The number of hydrogen-bond donors (Lipinski definition) is 1. The smallest absolute Gasteiger partial charge is 0.281 e. The lowest BCUT2D eigenvalue weighted by Crippen LogP contribution is -2.32. The Morgan fingerprint density at radius 1 is 1.32 bits per heavy atom. The Morgan fingerprint density at radius 2 is 2.05 bits per heavy atom. The average molecular weight is 263 g/mol. The number of aryl methyl sites for hydroxylation is 1. The highest BCUT2D eigenvalue weighted by Crippen LogP contribution is 2.21. The van der Waals surface area contributed by atoms with Crippen LogP contribution in [-0.2, 0) is 9.63 Å². The number of benzene rings is 1. The molecule has 1 aliphatic rings. The van der Waals surface area contributed by atoms with E-state index in [1.165, 1.54) is 12.8 Å². The summed E-state index contributed by atoms with van der Waals surface area (Å²) in [4.78, 5) is 16.9. The minimum absolute atomic E-state index is 0.0169. The van der Waals surface area contributed by atoms with Crippen molar-refractivity contribution in [3.05, 3.63) is 29.3 Å². The number of amides is 1. The molecule has 1 aliphatic carbocycles. The van der Waals surface area contributed by atoms with Crippen LogP contribution in [0.3, 0.4) is 0 Å². The van der Waals surface area contributed by atoms with Crippen molar-refractivity contribution in [1.29, 1.82) is 0 Å². The topological polar surface area (TPSA) is 47.6 Å². The molecule has 4 heteroatoms. The summed E-state index contributed by atoms with van der Waals surface area (Å²) in [6, 6.07) is 5.81. The van der Waals surface area contributed by atoms with Gasteiger partial charge in [-0.15, -0.1) is 0 Å². The Hall–Kier alpha value is -1.55. The van der Waals surface area contributed by atoms with E-state index in [0.29, 0.717) is 0 Å². The van der Waals surface area contributed by atoms with Crippen molar-refractivity contribution >= 4 is 5.91 Å². The summed E-state index contributed by atoms with van der Waals surface area (Å²) >= 11 is 0. The van der Waals surface area contributed by atoms with Crippen LogP contribution in [0.1, 0.15) is 36.8 Å². The molecule has 0 spiro atoms. The van der Waals surface area contributed by atoms with Gasteiger partial charge in [0.05, 0.1) is 6.10 Å². The SMILES string of the molecule is Cc1cccc(OCC(=O)NOC2CCCC2)c1C. The van der Waals surface area contributed by atoms with Gasteiger partial charge in [0.1, 0.15) is 5.75 Å². The van der Waals surface area contributed by atoms with E-state index in [-0.39, 0.29) is 18.6 Å². The zero-order valence-corrected chi connectivity index (χ0v) is 11.6. The lowest BCUT2D eigenvalue weighted by molar-refractivity contribution is -0.140. The maximum absolute atomic E-state index is 11.6. The Morgan fingerprint density at radius 3 is 2.79 bits per heavy atom. The van der Waals surface area contributed by atoms with E-state index in [1.54, 1.807) is 0 Å². The first kappa shape index (κ1) is 13.9. The molecule has 0 aliphatic heterocycles. The number of carbonyl (C=O) groups is 1. The van der Waals surface area contributed by atoms with Gasteiger partial charge in [-0.1, -0.05) is 25.0 Å². The van der Waals surface area contributed by atoms with E-state index in [9.17, 15) is 4.79 Å². The predicted octanol–water partition coefficient (Wildman–Crippen LogP) is 2.67. The number of ether oxygens (including phenoxy) is 1. The van der Waals surface area contributed by atoms with Gasteiger partial charge in [0.25, 0.3) is 5.91 Å². The van der Waals surface area contributed by atoms with E-state index >= 15 is 0 Å². The first-order chi connectivity index (χ1) is 9.16. The maximum Gasteiger partial charge on any atom is 0.281 e. The standard InChI is InChI=1S/C15H21NO3/c1-11-6-5-9-14(12(11)2)18-10-15(17)16-19-13-7-3-4-8-13/h5-6,9,13H,3-4,7-8,10H2,1-2H3,(H,16,17). The van der Waals surface area contributed by atoms with Gasteiger partial charge in [-0.2, -0.15) is 0 Å². The molecule has 1 amide bonds. The van der Waals surface area contributed by atoms with Gasteiger partial charge in [0, 0.05) is 0 Å². The molecule has 0 radical (unpaired) electrons. The molecule has 1 aromatic carbocycles. The summed E-state index contributed by atoms with van der Waals surface area (Å²) in [5.74, 6) is 0.504. The summed E-state index contributed by atoms with van der Waals surface area (Å²) in [5.41, 5.74) is 4.68. The molecule has 19 heavy (non-hydrogen) atoms. The van der Waals surface area contributed by atoms with Crippen LogP contribution in [0.25, 0.3) is 0 Å². The summed E-state index contributed by atoms with van der Waals surface area (Å²) in [6.07, 6.45) is 4.58. The van der Waals surface area contributed by atoms with Crippen LogP contribution in [0.5, 0.6) is 5.75 Å². The van der Waals surface area contributed by atoms with Crippen LogP contribution in [0.4, 0.5) is 0 Å². The van der Waals surface area contributed by atoms with Crippen LogP contribution in [0, 0.1) is 13.8 Å². The molecule has 104 valence electrons. The third-order valence-corrected chi connectivity index (χ3v) is 3.56. The third kappa shape index (κ3) is 3.96. The van der Waals surface area contributed by atoms with Crippen molar-refractivity contribution in [1.82, 2.24) is 5.48 Å². The van der Waals surface area contributed by atoms with Gasteiger partial charge in [0.2, 0.25) is 0 Å². The molecule has 0 atom stereocenters.